The van der Waals surface area contributed by atoms with E-state index in [0.717, 1.165) is 12.5 Å². The number of hydrogen-bond donors (Lipinski definition) is 1. The standard InChI is InChI=1S/C15H30N2O/c1-7-17(6)14(18)12(3)16-13-8-11(2)9-15(4,5)10-13/h11-13,16H,7-10H2,1-6H3. The lowest BCUT2D eigenvalue weighted by Gasteiger charge is -2.40. The van der Waals surface area contributed by atoms with Crippen LogP contribution in [0, 0.1) is 11.3 Å². The Morgan fingerprint density at radius 3 is 2.56 bits per heavy atom. The molecular formula is C15H30N2O. The molecule has 1 N–H and O–H groups in total. The van der Waals surface area contributed by atoms with Gasteiger partial charge in [0.15, 0.2) is 0 Å². The van der Waals surface area contributed by atoms with Crippen LogP contribution in [0.25, 0.3) is 0 Å². The molecular weight excluding hydrogens is 224 g/mol. The summed E-state index contributed by atoms with van der Waals surface area (Å²) in [6, 6.07) is 0.411. The third kappa shape index (κ3) is 4.27. The van der Waals surface area contributed by atoms with E-state index in [4.69, 9.17) is 0 Å². The highest BCUT2D eigenvalue weighted by molar-refractivity contribution is 5.81. The van der Waals surface area contributed by atoms with Gasteiger partial charge in [0.25, 0.3) is 0 Å². The van der Waals surface area contributed by atoms with Crippen molar-refractivity contribution in [2.45, 2.75) is 66.0 Å². The first-order valence-corrected chi connectivity index (χ1v) is 7.26. The molecule has 0 aromatic heterocycles. The third-order valence-electron chi connectivity index (χ3n) is 4.09. The minimum Gasteiger partial charge on any atom is -0.345 e. The monoisotopic (exact) mass is 254 g/mol. The first-order chi connectivity index (χ1) is 8.25. The van der Waals surface area contributed by atoms with Crippen LogP contribution < -0.4 is 5.32 Å². The van der Waals surface area contributed by atoms with Crippen molar-refractivity contribution in [1.82, 2.24) is 10.2 Å². The summed E-state index contributed by atoms with van der Waals surface area (Å²) >= 11 is 0. The Bertz CT molecular complexity index is 288. The second kappa shape index (κ2) is 6.05. The normalized spacial score (nSPS) is 28.8. The van der Waals surface area contributed by atoms with Gasteiger partial charge in [0.05, 0.1) is 6.04 Å². The van der Waals surface area contributed by atoms with Crippen LogP contribution in [0.5, 0.6) is 0 Å². The molecule has 0 radical (unpaired) electrons. The SMILES string of the molecule is CCN(C)C(=O)C(C)NC1CC(C)CC(C)(C)C1. The van der Waals surface area contributed by atoms with E-state index in [1.807, 2.05) is 20.9 Å². The van der Waals surface area contributed by atoms with Gasteiger partial charge in [-0.15, -0.1) is 0 Å². The van der Waals surface area contributed by atoms with E-state index in [1.54, 1.807) is 4.90 Å². The molecule has 3 nitrogen and oxygen atoms in total. The van der Waals surface area contributed by atoms with Crippen LogP contribution in [-0.4, -0.2) is 36.5 Å². The summed E-state index contributed by atoms with van der Waals surface area (Å²) in [5.74, 6) is 0.950. The van der Waals surface area contributed by atoms with Crippen LogP contribution in [0.3, 0.4) is 0 Å². The Hall–Kier alpha value is -0.570. The van der Waals surface area contributed by atoms with Crippen LogP contribution in [0.15, 0.2) is 0 Å². The molecule has 0 spiro atoms. The van der Waals surface area contributed by atoms with E-state index in [9.17, 15) is 4.79 Å². The first kappa shape index (κ1) is 15.5. The molecule has 3 heteroatoms. The molecule has 1 aliphatic rings. The highest BCUT2D eigenvalue weighted by Crippen LogP contribution is 2.38. The summed E-state index contributed by atoms with van der Waals surface area (Å²) in [6.07, 6.45) is 3.66. The van der Waals surface area contributed by atoms with Crippen molar-refractivity contribution in [3.63, 3.8) is 0 Å². The number of carbonyl (C=O) groups excluding carboxylic acids is 1. The zero-order chi connectivity index (χ0) is 13.9. The van der Waals surface area contributed by atoms with Crippen LogP contribution in [-0.2, 0) is 4.79 Å². The van der Waals surface area contributed by atoms with Crippen LogP contribution in [0.1, 0.15) is 53.9 Å². The van der Waals surface area contributed by atoms with Crippen LogP contribution in [0.2, 0.25) is 0 Å². The summed E-state index contributed by atoms with van der Waals surface area (Å²) in [6.45, 7) is 11.8. The molecule has 1 saturated carbocycles. The molecule has 0 saturated heterocycles. The average molecular weight is 254 g/mol. The van der Waals surface area contributed by atoms with Gasteiger partial charge in [-0.05, 0) is 44.4 Å². The van der Waals surface area contributed by atoms with Gasteiger partial charge in [-0.1, -0.05) is 20.8 Å². The Balaban J connectivity index is 2.54. The van der Waals surface area contributed by atoms with Crippen LogP contribution in [0.4, 0.5) is 0 Å². The van der Waals surface area contributed by atoms with Gasteiger partial charge in [-0.2, -0.15) is 0 Å². The number of carbonyl (C=O) groups is 1. The first-order valence-electron chi connectivity index (χ1n) is 7.26. The molecule has 106 valence electrons. The zero-order valence-corrected chi connectivity index (χ0v) is 12.9. The molecule has 18 heavy (non-hydrogen) atoms. The summed E-state index contributed by atoms with van der Waals surface area (Å²) in [5.41, 5.74) is 0.398. The minimum atomic E-state index is -0.0685. The van der Waals surface area contributed by atoms with E-state index in [0.29, 0.717) is 11.5 Å². The van der Waals surface area contributed by atoms with Gasteiger partial charge in [0, 0.05) is 19.6 Å². The van der Waals surface area contributed by atoms with E-state index >= 15 is 0 Å². The average Bonchev–Trinajstić information content (AvgIpc) is 2.23. The predicted octanol–water partition coefficient (Wildman–Crippen LogP) is 2.66. The maximum Gasteiger partial charge on any atom is 0.239 e. The molecule has 3 atom stereocenters. The molecule has 1 fully saturated rings. The molecule has 0 heterocycles. The molecule has 3 unspecified atom stereocenters. The minimum absolute atomic E-state index is 0.0685. The summed E-state index contributed by atoms with van der Waals surface area (Å²) < 4.78 is 0. The number of hydrogen-bond acceptors (Lipinski definition) is 2. The smallest absolute Gasteiger partial charge is 0.239 e. The number of nitrogens with one attached hydrogen (secondary N) is 1. The van der Waals surface area contributed by atoms with Crippen molar-refractivity contribution in [2.75, 3.05) is 13.6 Å². The van der Waals surface area contributed by atoms with Gasteiger partial charge in [-0.3, -0.25) is 4.79 Å². The van der Waals surface area contributed by atoms with Crippen molar-refractivity contribution in [3.8, 4) is 0 Å². The second-order valence-electron chi connectivity index (χ2n) is 6.85. The van der Waals surface area contributed by atoms with E-state index < -0.39 is 0 Å². The van der Waals surface area contributed by atoms with Gasteiger partial charge >= 0.3 is 0 Å². The van der Waals surface area contributed by atoms with Crippen LogP contribution >= 0.6 is 0 Å². The third-order valence-corrected chi connectivity index (χ3v) is 4.09. The van der Waals surface area contributed by atoms with Gasteiger partial charge in [-0.25, -0.2) is 0 Å². The van der Waals surface area contributed by atoms with Gasteiger partial charge in [0.2, 0.25) is 5.91 Å². The molecule has 0 bridgehead atoms. The Morgan fingerprint density at radius 1 is 1.44 bits per heavy atom. The molecule has 0 aromatic carbocycles. The quantitative estimate of drug-likeness (QED) is 0.836. The molecule has 1 amide bonds. The summed E-state index contributed by atoms with van der Waals surface area (Å²) in [4.78, 5) is 13.8. The van der Waals surface area contributed by atoms with Gasteiger partial charge in [0.1, 0.15) is 0 Å². The van der Waals surface area contributed by atoms with Crippen molar-refractivity contribution >= 4 is 5.91 Å². The second-order valence-corrected chi connectivity index (χ2v) is 6.85. The molecule has 0 aliphatic heterocycles. The highest BCUT2D eigenvalue weighted by Gasteiger charge is 2.33. The fourth-order valence-corrected chi connectivity index (χ4v) is 3.38. The zero-order valence-electron chi connectivity index (χ0n) is 12.9. The Labute approximate surface area is 112 Å². The lowest BCUT2D eigenvalue weighted by Crippen LogP contribution is -2.50. The van der Waals surface area contributed by atoms with Crippen molar-refractivity contribution in [1.29, 1.82) is 0 Å². The summed E-state index contributed by atoms with van der Waals surface area (Å²) in [5, 5.41) is 3.53. The maximum atomic E-state index is 12.1. The number of rotatable bonds is 4. The van der Waals surface area contributed by atoms with E-state index in [1.165, 1.54) is 19.3 Å². The maximum absolute atomic E-state index is 12.1. The largest absolute Gasteiger partial charge is 0.345 e. The topological polar surface area (TPSA) is 32.3 Å². The lowest BCUT2D eigenvalue weighted by atomic mass is 9.70. The fraction of sp³-hybridized carbons (Fsp3) is 0.933. The van der Waals surface area contributed by atoms with Crippen molar-refractivity contribution < 1.29 is 4.79 Å². The van der Waals surface area contributed by atoms with E-state index in [2.05, 4.69) is 26.1 Å². The Morgan fingerprint density at radius 2 is 2.06 bits per heavy atom. The summed E-state index contributed by atoms with van der Waals surface area (Å²) in [7, 11) is 1.87. The Kier molecular flexibility index (Phi) is 5.20. The van der Waals surface area contributed by atoms with E-state index in [-0.39, 0.29) is 11.9 Å². The lowest BCUT2D eigenvalue weighted by molar-refractivity contribution is -0.131. The highest BCUT2D eigenvalue weighted by atomic mass is 16.2. The predicted molar refractivity (Wildman–Crippen MR) is 76.5 cm³/mol. The molecule has 1 rings (SSSR count). The molecule has 0 aromatic rings. The number of amides is 1. The van der Waals surface area contributed by atoms with Gasteiger partial charge < -0.3 is 10.2 Å². The van der Waals surface area contributed by atoms with Crippen molar-refractivity contribution in [3.05, 3.63) is 0 Å². The van der Waals surface area contributed by atoms with Crippen molar-refractivity contribution in [2.24, 2.45) is 11.3 Å². The fourth-order valence-electron chi connectivity index (χ4n) is 3.38. The number of nitrogens with zero attached hydrogens (tertiary/aromatic N) is 1. The number of likely N-dealkylation sites (N-methyl/N-ethyl adjacent to an activating group) is 1. The molecule has 1 aliphatic carbocycles.